The van der Waals surface area contributed by atoms with Crippen LogP contribution in [0.3, 0.4) is 0 Å². The van der Waals surface area contributed by atoms with Crippen molar-refractivity contribution in [3.63, 3.8) is 0 Å². The standard InChI is InChI=1S/C18H28O4/c1-13(19)21-5-3-17-8-15-7-16(9-17)11-18(10-15,12-17)4-6-22-14(2)20/h15-16H,3-12H2,1-2H3. The van der Waals surface area contributed by atoms with Gasteiger partial charge in [0.05, 0.1) is 13.2 Å². The first-order valence-electron chi connectivity index (χ1n) is 8.67. The predicted molar refractivity (Wildman–Crippen MR) is 82.0 cm³/mol. The molecule has 4 fully saturated rings. The number of rotatable bonds is 6. The van der Waals surface area contributed by atoms with Gasteiger partial charge in [0.25, 0.3) is 0 Å². The SMILES string of the molecule is CC(=O)OCCC12CC3CC(C1)CC(CCOC(C)=O)(C3)C2. The second kappa shape index (κ2) is 5.86. The molecule has 0 spiro atoms. The van der Waals surface area contributed by atoms with E-state index in [9.17, 15) is 9.59 Å². The molecule has 4 saturated carbocycles. The Morgan fingerprint density at radius 3 is 1.64 bits per heavy atom. The van der Waals surface area contributed by atoms with E-state index >= 15 is 0 Å². The molecule has 4 aliphatic carbocycles. The largest absolute Gasteiger partial charge is 0.466 e. The molecule has 4 heteroatoms. The summed E-state index contributed by atoms with van der Waals surface area (Å²) in [4.78, 5) is 22.1. The van der Waals surface area contributed by atoms with Crippen LogP contribution in [-0.4, -0.2) is 25.2 Å². The number of hydrogen-bond donors (Lipinski definition) is 0. The lowest BCUT2D eigenvalue weighted by atomic mass is 9.43. The summed E-state index contributed by atoms with van der Waals surface area (Å²) in [6.07, 6.45) is 9.85. The Bertz CT molecular complexity index is 404. The van der Waals surface area contributed by atoms with Crippen LogP contribution in [0.2, 0.25) is 0 Å². The molecule has 0 amide bonds. The van der Waals surface area contributed by atoms with Crippen molar-refractivity contribution in [3.8, 4) is 0 Å². The average molecular weight is 308 g/mol. The first kappa shape index (κ1) is 15.8. The van der Waals surface area contributed by atoms with Gasteiger partial charge in [-0.3, -0.25) is 9.59 Å². The van der Waals surface area contributed by atoms with Crippen molar-refractivity contribution in [2.24, 2.45) is 22.7 Å². The van der Waals surface area contributed by atoms with Gasteiger partial charge in [0.1, 0.15) is 0 Å². The van der Waals surface area contributed by atoms with Gasteiger partial charge >= 0.3 is 11.9 Å². The predicted octanol–water partition coefficient (Wildman–Crippen LogP) is 3.48. The van der Waals surface area contributed by atoms with Crippen molar-refractivity contribution in [3.05, 3.63) is 0 Å². The fourth-order valence-corrected chi connectivity index (χ4v) is 6.06. The fraction of sp³-hybridized carbons (Fsp3) is 0.889. The first-order chi connectivity index (χ1) is 10.4. The van der Waals surface area contributed by atoms with Gasteiger partial charge in [-0.2, -0.15) is 0 Å². The Kier molecular flexibility index (Phi) is 4.21. The summed E-state index contributed by atoms with van der Waals surface area (Å²) in [5.74, 6) is 1.32. The molecule has 4 nitrogen and oxygen atoms in total. The quantitative estimate of drug-likeness (QED) is 0.705. The summed E-state index contributed by atoms with van der Waals surface area (Å²) in [5.41, 5.74) is 0.742. The molecule has 0 radical (unpaired) electrons. The normalized spacial score (nSPS) is 38.8. The fourth-order valence-electron chi connectivity index (χ4n) is 6.06. The van der Waals surface area contributed by atoms with E-state index in [2.05, 4.69) is 0 Å². The summed E-state index contributed by atoms with van der Waals surface area (Å²) in [7, 11) is 0. The highest BCUT2D eigenvalue weighted by molar-refractivity contribution is 5.66. The zero-order valence-electron chi connectivity index (χ0n) is 13.9. The average Bonchev–Trinajstić information content (AvgIpc) is 2.35. The first-order valence-corrected chi connectivity index (χ1v) is 8.67. The molecule has 0 atom stereocenters. The van der Waals surface area contributed by atoms with Crippen LogP contribution < -0.4 is 0 Å². The van der Waals surface area contributed by atoms with Gasteiger partial charge in [-0.25, -0.2) is 0 Å². The second-order valence-electron chi connectivity index (χ2n) is 8.14. The number of esters is 2. The van der Waals surface area contributed by atoms with E-state index in [1.165, 1.54) is 52.4 Å². The van der Waals surface area contributed by atoms with Gasteiger partial charge in [0, 0.05) is 13.8 Å². The van der Waals surface area contributed by atoms with Gasteiger partial charge in [0.15, 0.2) is 0 Å². The highest BCUT2D eigenvalue weighted by atomic mass is 16.5. The molecule has 4 rings (SSSR count). The summed E-state index contributed by atoms with van der Waals surface area (Å²) >= 11 is 0. The number of carbonyl (C=O) groups is 2. The van der Waals surface area contributed by atoms with Crippen molar-refractivity contribution in [1.29, 1.82) is 0 Å². The van der Waals surface area contributed by atoms with Gasteiger partial charge in [-0.05, 0) is 74.0 Å². The van der Waals surface area contributed by atoms with Crippen LogP contribution in [-0.2, 0) is 19.1 Å². The lowest BCUT2D eigenvalue weighted by Gasteiger charge is -2.62. The molecule has 0 aromatic rings. The van der Waals surface area contributed by atoms with Gasteiger partial charge in [0.2, 0.25) is 0 Å². The van der Waals surface area contributed by atoms with Crippen molar-refractivity contribution in [2.45, 2.75) is 65.2 Å². The summed E-state index contributed by atoms with van der Waals surface area (Å²) in [6.45, 7) is 4.10. The van der Waals surface area contributed by atoms with Gasteiger partial charge in [-0.1, -0.05) is 0 Å². The minimum atomic E-state index is -0.172. The van der Waals surface area contributed by atoms with Crippen LogP contribution in [0.1, 0.15) is 65.2 Å². The van der Waals surface area contributed by atoms with E-state index in [-0.39, 0.29) is 11.9 Å². The summed E-state index contributed by atoms with van der Waals surface area (Å²) in [5, 5.41) is 0. The van der Waals surface area contributed by atoms with Crippen molar-refractivity contribution < 1.29 is 19.1 Å². The molecule has 0 N–H and O–H groups in total. The maximum Gasteiger partial charge on any atom is 0.302 e. The highest BCUT2D eigenvalue weighted by Gasteiger charge is 2.56. The van der Waals surface area contributed by atoms with E-state index in [0.717, 1.165) is 24.7 Å². The third-order valence-electron chi connectivity index (χ3n) is 6.18. The maximum atomic E-state index is 11.0. The second-order valence-corrected chi connectivity index (χ2v) is 8.14. The molecule has 4 bridgehead atoms. The number of hydrogen-bond acceptors (Lipinski definition) is 4. The van der Waals surface area contributed by atoms with Gasteiger partial charge in [-0.15, -0.1) is 0 Å². The zero-order chi connectivity index (χ0) is 15.8. The molecule has 22 heavy (non-hydrogen) atoms. The molecule has 0 saturated heterocycles. The molecule has 0 aromatic carbocycles. The van der Waals surface area contributed by atoms with Crippen LogP contribution in [0.5, 0.6) is 0 Å². The molecule has 124 valence electrons. The topological polar surface area (TPSA) is 52.6 Å². The van der Waals surface area contributed by atoms with Crippen LogP contribution in [0.15, 0.2) is 0 Å². The third-order valence-corrected chi connectivity index (χ3v) is 6.18. The number of ether oxygens (including phenoxy) is 2. The minimum Gasteiger partial charge on any atom is -0.466 e. The lowest BCUT2D eigenvalue weighted by molar-refractivity contribution is -0.151. The van der Waals surface area contributed by atoms with E-state index in [1.54, 1.807) is 0 Å². The van der Waals surface area contributed by atoms with E-state index in [0.29, 0.717) is 24.0 Å². The lowest BCUT2D eigenvalue weighted by Crippen LogP contribution is -2.52. The third kappa shape index (κ3) is 3.31. The zero-order valence-corrected chi connectivity index (χ0v) is 13.9. The molecular weight excluding hydrogens is 280 g/mol. The molecule has 4 aliphatic rings. The molecule has 0 heterocycles. The monoisotopic (exact) mass is 308 g/mol. The Labute approximate surface area is 132 Å². The van der Waals surface area contributed by atoms with Crippen LogP contribution in [0.4, 0.5) is 0 Å². The molecule has 0 unspecified atom stereocenters. The highest BCUT2D eigenvalue weighted by Crippen LogP contribution is 2.67. The van der Waals surface area contributed by atoms with E-state index in [4.69, 9.17) is 9.47 Å². The molecule has 0 aliphatic heterocycles. The van der Waals surface area contributed by atoms with Crippen molar-refractivity contribution in [2.75, 3.05) is 13.2 Å². The Hall–Kier alpha value is -1.06. The summed E-state index contributed by atoms with van der Waals surface area (Å²) in [6, 6.07) is 0. The van der Waals surface area contributed by atoms with E-state index in [1.807, 2.05) is 0 Å². The van der Waals surface area contributed by atoms with Crippen molar-refractivity contribution >= 4 is 11.9 Å². The van der Waals surface area contributed by atoms with Gasteiger partial charge < -0.3 is 9.47 Å². The molecule has 0 aromatic heterocycles. The summed E-state index contributed by atoms with van der Waals surface area (Å²) < 4.78 is 10.4. The van der Waals surface area contributed by atoms with E-state index < -0.39 is 0 Å². The Morgan fingerprint density at radius 1 is 0.864 bits per heavy atom. The van der Waals surface area contributed by atoms with Crippen LogP contribution in [0, 0.1) is 22.7 Å². The maximum absolute atomic E-state index is 11.0. The van der Waals surface area contributed by atoms with Crippen LogP contribution >= 0.6 is 0 Å². The Balaban J connectivity index is 1.64. The minimum absolute atomic E-state index is 0.172. The molecular formula is C18H28O4. The van der Waals surface area contributed by atoms with Crippen LogP contribution in [0.25, 0.3) is 0 Å². The number of carbonyl (C=O) groups excluding carboxylic acids is 2. The van der Waals surface area contributed by atoms with Crippen molar-refractivity contribution in [1.82, 2.24) is 0 Å². The smallest absolute Gasteiger partial charge is 0.302 e. The Morgan fingerprint density at radius 2 is 1.27 bits per heavy atom.